The number of hydrogen-bond donors (Lipinski definition) is 1. The molecule has 1 amide bonds. The molecule has 0 spiro atoms. The molecule has 0 bridgehead atoms. The van der Waals surface area contributed by atoms with Crippen molar-refractivity contribution in [3.63, 3.8) is 0 Å². The Bertz CT molecular complexity index is 989. The monoisotopic (exact) mass is 364 g/mol. The number of fused-ring (bicyclic) bond motifs is 1. The summed E-state index contributed by atoms with van der Waals surface area (Å²) in [5.74, 6) is 1.13. The van der Waals surface area contributed by atoms with Crippen LogP contribution in [0, 0.1) is 27.7 Å². The van der Waals surface area contributed by atoms with Gasteiger partial charge in [0.15, 0.2) is 6.61 Å². The van der Waals surface area contributed by atoms with E-state index in [4.69, 9.17) is 9.47 Å². The first-order valence-corrected chi connectivity index (χ1v) is 8.83. The number of nitrogens with one attached hydrogen (secondary N) is 1. The van der Waals surface area contributed by atoms with Gasteiger partial charge in [-0.1, -0.05) is 17.7 Å². The number of pyridine rings is 1. The molecular weight excluding hydrogens is 340 g/mol. The molecule has 0 fully saturated rings. The molecule has 0 aliphatic carbocycles. The van der Waals surface area contributed by atoms with Crippen molar-refractivity contribution in [1.29, 1.82) is 0 Å². The standard InChI is InChI=1S/C22H24N2O3/c1-13-8-14(2)22(15(3)9-13)24-21(25)12-27-20-10-16(4)23-19-7-6-17(26-5)11-18(19)20/h6-11H,12H2,1-5H3,(H,24,25). The smallest absolute Gasteiger partial charge is 0.262 e. The van der Waals surface area contributed by atoms with Crippen molar-refractivity contribution in [2.45, 2.75) is 27.7 Å². The lowest BCUT2D eigenvalue weighted by Crippen LogP contribution is -2.21. The quantitative estimate of drug-likeness (QED) is 0.724. The number of aromatic nitrogens is 1. The van der Waals surface area contributed by atoms with Gasteiger partial charge in [0.2, 0.25) is 0 Å². The van der Waals surface area contributed by atoms with Crippen LogP contribution in [0.5, 0.6) is 11.5 Å². The van der Waals surface area contributed by atoms with Gasteiger partial charge in [0.1, 0.15) is 11.5 Å². The number of benzene rings is 2. The average molecular weight is 364 g/mol. The van der Waals surface area contributed by atoms with Gasteiger partial charge in [-0.15, -0.1) is 0 Å². The Morgan fingerprint density at radius 1 is 1.04 bits per heavy atom. The Labute approximate surface area is 159 Å². The van der Waals surface area contributed by atoms with Gasteiger partial charge in [-0.2, -0.15) is 0 Å². The Kier molecular flexibility index (Phi) is 5.31. The SMILES string of the molecule is COc1ccc2nc(C)cc(OCC(=O)Nc3c(C)cc(C)cc3C)c2c1. The summed E-state index contributed by atoms with van der Waals surface area (Å²) in [7, 11) is 1.61. The van der Waals surface area contributed by atoms with Crippen LogP contribution >= 0.6 is 0 Å². The largest absolute Gasteiger partial charge is 0.497 e. The summed E-state index contributed by atoms with van der Waals surface area (Å²) in [4.78, 5) is 16.9. The van der Waals surface area contributed by atoms with E-state index in [1.165, 1.54) is 5.56 Å². The fourth-order valence-electron chi connectivity index (χ4n) is 3.24. The minimum atomic E-state index is -0.199. The highest BCUT2D eigenvalue weighted by Gasteiger charge is 2.12. The van der Waals surface area contributed by atoms with Crippen LogP contribution < -0.4 is 14.8 Å². The van der Waals surface area contributed by atoms with Crippen LogP contribution in [0.2, 0.25) is 0 Å². The summed E-state index contributed by atoms with van der Waals surface area (Å²) >= 11 is 0. The van der Waals surface area contributed by atoms with Gasteiger partial charge in [-0.3, -0.25) is 9.78 Å². The molecule has 3 rings (SSSR count). The molecular formula is C22H24N2O3. The number of rotatable bonds is 5. The van der Waals surface area contributed by atoms with Crippen molar-refractivity contribution in [3.05, 3.63) is 58.8 Å². The van der Waals surface area contributed by atoms with Crippen LogP contribution in [0.3, 0.4) is 0 Å². The van der Waals surface area contributed by atoms with Gasteiger partial charge < -0.3 is 14.8 Å². The maximum atomic E-state index is 12.4. The number of nitrogens with zero attached hydrogens (tertiary/aromatic N) is 1. The first kappa shape index (κ1) is 18.7. The van der Waals surface area contributed by atoms with E-state index in [1.54, 1.807) is 7.11 Å². The lowest BCUT2D eigenvalue weighted by Gasteiger charge is -2.14. The topological polar surface area (TPSA) is 60.5 Å². The Morgan fingerprint density at radius 2 is 1.74 bits per heavy atom. The van der Waals surface area contributed by atoms with E-state index >= 15 is 0 Å². The molecule has 0 radical (unpaired) electrons. The normalized spacial score (nSPS) is 10.7. The highest BCUT2D eigenvalue weighted by Crippen LogP contribution is 2.29. The van der Waals surface area contributed by atoms with Crippen LogP contribution in [0.15, 0.2) is 36.4 Å². The Hall–Kier alpha value is -3.08. The third-order valence-electron chi connectivity index (χ3n) is 4.41. The second kappa shape index (κ2) is 7.66. The highest BCUT2D eigenvalue weighted by atomic mass is 16.5. The summed E-state index contributed by atoms with van der Waals surface area (Å²) < 4.78 is 11.1. The molecule has 0 atom stereocenters. The van der Waals surface area contributed by atoms with E-state index in [9.17, 15) is 4.79 Å². The van der Waals surface area contributed by atoms with Gasteiger partial charge in [0, 0.05) is 22.8 Å². The van der Waals surface area contributed by atoms with Crippen LogP contribution in [-0.2, 0) is 4.79 Å². The van der Waals surface area contributed by atoms with Crippen molar-refractivity contribution in [1.82, 2.24) is 4.98 Å². The van der Waals surface area contributed by atoms with E-state index in [-0.39, 0.29) is 12.5 Å². The van der Waals surface area contributed by atoms with E-state index in [0.717, 1.165) is 33.4 Å². The fourth-order valence-corrected chi connectivity index (χ4v) is 3.24. The van der Waals surface area contributed by atoms with E-state index in [1.807, 2.05) is 52.0 Å². The molecule has 0 unspecified atom stereocenters. The molecule has 0 aliphatic heterocycles. The maximum Gasteiger partial charge on any atom is 0.262 e. The van der Waals surface area contributed by atoms with Crippen LogP contribution in [0.4, 0.5) is 5.69 Å². The van der Waals surface area contributed by atoms with E-state index < -0.39 is 0 Å². The predicted octanol–water partition coefficient (Wildman–Crippen LogP) is 4.49. The number of amides is 1. The van der Waals surface area contributed by atoms with Gasteiger partial charge in [0.05, 0.1) is 12.6 Å². The summed E-state index contributed by atoms with van der Waals surface area (Å²) in [6.07, 6.45) is 0. The van der Waals surface area contributed by atoms with Crippen molar-refractivity contribution in [3.8, 4) is 11.5 Å². The zero-order valence-corrected chi connectivity index (χ0v) is 16.3. The summed E-state index contributed by atoms with van der Waals surface area (Å²) in [6.45, 7) is 7.84. The van der Waals surface area contributed by atoms with Crippen molar-refractivity contribution in [2.75, 3.05) is 19.0 Å². The number of anilines is 1. The third kappa shape index (κ3) is 4.19. The summed E-state index contributed by atoms with van der Waals surface area (Å²) in [5, 5.41) is 3.77. The average Bonchev–Trinajstić information content (AvgIpc) is 2.62. The summed E-state index contributed by atoms with van der Waals surface area (Å²) in [5.41, 5.74) is 5.72. The third-order valence-corrected chi connectivity index (χ3v) is 4.41. The van der Waals surface area contributed by atoms with Gasteiger partial charge in [0.25, 0.3) is 5.91 Å². The minimum absolute atomic E-state index is 0.0808. The first-order valence-electron chi connectivity index (χ1n) is 8.83. The van der Waals surface area contributed by atoms with Gasteiger partial charge in [-0.25, -0.2) is 0 Å². The van der Waals surface area contributed by atoms with Crippen LogP contribution in [-0.4, -0.2) is 24.6 Å². The molecule has 1 N–H and O–H groups in total. The minimum Gasteiger partial charge on any atom is -0.497 e. The molecule has 0 saturated carbocycles. The van der Waals surface area contributed by atoms with Crippen molar-refractivity contribution in [2.24, 2.45) is 0 Å². The number of carbonyl (C=O) groups excluding carboxylic acids is 1. The Balaban J connectivity index is 1.79. The molecule has 1 aromatic heterocycles. The second-order valence-electron chi connectivity index (χ2n) is 6.76. The maximum absolute atomic E-state index is 12.4. The molecule has 5 nitrogen and oxygen atoms in total. The predicted molar refractivity (Wildman–Crippen MR) is 108 cm³/mol. The first-order chi connectivity index (χ1) is 12.9. The molecule has 0 saturated heterocycles. The second-order valence-corrected chi connectivity index (χ2v) is 6.76. The number of aryl methyl sites for hydroxylation is 4. The molecule has 5 heteroatoms. The number of hydrogen-bond acceptors (Lipinski definition) is 4. The van der Waals surface area contributed by atoms with Crippen molar-refractivity contribution < 1.29 is 14.3 Å². The van der Waals surface area contributed by atoms with Crippen LogP contribution in [0.1, 0.15) is 22.4 Å². The zero-order chi connectivity index (χ0) is 19.6. The number of methoxy groups -OCH3 is 1. The number of ether oxygens (including phenoxy) is 2. The lowest BCUT2D eigenvalue weighted by molar-refractivity contribution is -0.118. The molecule has 0 aliphatic rings. The molecule has 1 heterocycles. The number of carbonyl (C=O) groups is 1. The molecule has 27 heavy (non-hydrogen) atoms. The molecule has 140 valence electrons. The van der Waals surface area contributed by atoms with E-state index in [0.29, 0.717) is 11.5 Å². The molecule has 3 aromatic rings. The fraction of sp³-hybridized carbons (Fsp3) is 0.273. The van der Waals surface area contributed by atoms with Crippen LogP contribution in [0.25, 0.3) is 10.9 Å². The summed E-state index contributed by atoms with van der Waals surface area (Å²) in [6, 6.07) is 11.5. The highest BCUT2D eigenvalue weighted by molar-refractivity contribution is 5.94. The molecule has 2 aromatic carbocycles. The zero-order valence-electron chi connectivity index (χ0n) is 16.3. The Morgan fingerprint density at radius 3 is 2.41 bits per heavy atom. The van der Waals surface area contributed by atoms with E-state index in [2.05, 4.69) is 22.4 Å². The van der Waals surface area contributed by atoms with Crippen molar-refractivity contribution >= 4 is 22.5 Å². The van der Waals surface area contributed by atoms with Gasteiger partial charge in [-0.05, 0) is 57.0 Å². The lowest BCUT2D eigenvalue weighted by atomic mass is 10.1. The van der Waals surface area contributed by atoms with Gasteiger partial charge >= 0.3 is 0 Å².